The number of carbonyl (C=O) groups excluding carboxylic acids is 1. The number of carbonyl (C=O) groups is 1. The fourth-order valence-electron chi connectivity index (χ4n) is 3.64. The van der Waals surface area contributed by atoms with E-state index < -0.39 is 0 Å². The molecule has 1 heterocycles. The van der Waals surface area contributed by atoms with E-state index in [1.54, 1.807) is 0 Å². The molecule has 0 radical (unpaired) electrons. The summed E-state index contributed by atoms with van der Waals surface area (Å²) in [6.07, 6.45) is 4.49. The maximum Gasteiger partial charge on any atom is 0.237 e. The number of aliphatic hydroxyl groups is 1. The molecule has 1 aromatic carbocycles. The number of hydrogen-bond donors (Lipinski definition) is 3. The van der Waals surface area contributed by atoms with Crippen LogP contribution in [0.25, 0.3) is 0 Å². The lowest BCUT2D eigenvalue weighted by Crippen LogP contribution is -2.52. The van der Waals surface area contributed by atoms with E-state index in [1.807, 2.05) is 12.1 Å². The summed E-state index contributed by atoms with van der Waals surface area (Å²) in [7, 11) is 0. The minimum Gasteiger partial charge on any atom is -0.392 e. The summed E-state index contributed by atoms with van der Waals surface area (Å²) in [5.41, 5.74) is 2.35. The van der Waals surface area contributed by atoms with Gasteiger partial charge in [0.25, 0.3) is 0 Å². The van der Waals surface area contributed by atoms with Crippen LogP contribution in [0.15, 0.2) is 24.3 Å². The zero-order chi connectivity index (χ0) is 15.6. The van der Waals surface area contributed by atoms with Gasteiger partial charge in [-0.05, 0) is 30.4 Å². The van der Waals surface area contributed by atoms with Gasteiger partial charge in [0.2, 0.25) is 5.91 Å². The highest BCUT2D eigenvalue weighted by molar-refractivity contribution is 5.82. The highest BCUT2D eigenvalue weighted by atomic mass is 16.3. The molecule has 0 bridgehead atoms. The zero-order valence-corrected chi connectivity index (χ0v) is 13.3. The Morgan fingerprint density at radius 3 is 2.91 bits per heavy atom. The first-order valence-corrected chi connectivity index (χ1v) is 8.34. The molecule has 2 aliphatic rings. The predicted octanol–water partition coefficient (Wildman–Crippen LogP) is 1.76. The maximum absolute atomic E-state index is 12.4. The third-order valence-corrected chi connectivity index (χ3v) is 5.34. The Balaban J connectivity index is 1.57. The number of benzene rings is 1. The van der Waals surface area contributed by atoms with E-state index in [4.69, 9.17) is 0 Å². The second kappa shape index (κ2) is 6.39. The Bertz CT molecular complexity index is 546. The van der Waals surface area contributed by atoms with Gasteiger partial charge in [-0.25, -0.2) is 0 Å². The van der Waals surface area contributed by atoms with Crippen LogP contribution in [0.3, 0.4) is 0 Å². The molecule has 0 aromatic heterocycles. The quantitative estimate of drug-likeness (QED) is 0.797. The van der Waals surface area contributed by atoms with Gasteiger partial charge < -0.3 is 15.7 Å². The minimum atomic E-state index is -0.304. The van der Waals surface area contributed by atoms with Crippen LogP contribution in [0.4, 0.5) is 0 Å². The number of rotatable bonds is 3. The van der Waals surface area contributed by atoms with Crippen molar-refractivity contribution in [2.45, 2.75) is 57.7 Å². The largest absolute Gasteiger partial charge is 0.392 e. The van der Waals surface area contributed by atoms with Crippen molar-refractivity contribution >= 4 is 5.91 Å². The Morgan fingerprint density at radius 2 is 2.14 bits per heavy atom. The van der Waals surface area contributed by atoms with Crippen LogP contribution >= 0.6 is 0 Å². The second-order valence-electron chi connectivity index (χ2n) is 7.04. The molecular weight excluding hydrogens is 276 g/mol. The van der Waals surface area contributed by atoms with E-state index in [0.29, 0.717) is 6.54 Å². The smallest absolute Gasteiger partial charge is 0.237 e. The topological polar surface area (TPSA) is 61.4 Å². The molecule has 4 heteroatoms. The van der Waals surface area contributed by atoms with Crippen molar-refractivity contribution < 1.29 is 9.90 Å². The molecular formula is C18H26N2O2. The highest BCUT2D eigenvalue weighted by Gasteiger charge is 2.36. The number of amides is 1. The average molecular weight is 302 g/mol. The molecule has 3 atom stereocenters. The van der Waals surface area contributed by atoms with E-state index in [2.05, 4.69) is 29.7 Å². The third-order valence-electron chi connectivity index (χ3n) is 5.34. The van der Waals surface area contributed by atoms with Gasteiger partial charge in [-0.2, -0.15) is 0 Å². The molecule has 1 saturated carbocycles. The number of fused-ring (bicyclic) bond motifs is 1. The van der Waals surface area contributed by atoms with E-state index in [0.717, 1.165) is 38.6 Å². The molecule has 3 rings (SSSR count). The summed E-state index contributed by atoms with van der Waals surface area (Å²) in [4.78, 5) is 12.4. The molecule has 120 valence electrons. The van der Waals surface area contributed by atoms with Gasteiger partial charge in [0.1, 0.15) is 0 Å². The number of hydrogen-bond acceptors (Lipinski definition) is 3. The molecule has 3 N–H and O–H groups in total. The standard InChI is InChI=1S/C18H26N2O2/c1-18(9-5-4-8-16(18)21)12-20-17(22)15-10-13-6-2-3-7-14(13)11-19-15/h2-3,6-7,15-16,19,21H,4-5,8-12H2,1H3,(H,20,22)/t15-,16+,18-/m1/s1. The Hall–Kier alpha value is -1.39. The van der Waals surface area contributed by atoms with Gasteiger partial charge in [0.05, 0.1) is 12.1 Å². The van der Waals surface area contributed by atoms with Crippen LogP contribution in [-0.2, 0) is 17.8 Å². The Kier molecular flexibility index (Phi) is 4.50. The summed E-state index contributed by atoms with van der Waals surface area (Å²) in [5.74, 6) is 0.0495. The summed E-state index contributed by atoms with van der Waals surface area (Å²) in [6.45, 7) is 3.39. The van der Waals surface area contributed by atoms with Crippen molar-refractivity contribution in [1.82, 2.24) is 10.6 Å². The molecule has 1 amide bonds. The lowest BCUT2D eigenvalue weighted by molar-refractivity contribution is -0.124. The summed E-state index contributed by atoms with van der Waals surface area (Å²) < 4.78 is 0. The van der Waals surface area contributed by atoms with Gasteiger partial charge in [0.15, 0.2) is 0 Å². The molecule has 0 spiro atoms. The maximum atomic E-state index is 12.4. The lowest BCUT2D eigenvalue weighted by atomic mass is 9.73. The van der Waals surface area contributed by atoms with Gasteiger partial charge in [-0.15, -0.1) is 0 Å². The van der Waals surface area contributed by atoms with Crippen LogP contribution in [0.1, 0.15) is 43.7 Å². The van der Waals surface area contributed by atoms with Crippen LogP contribution in [0.2, 0.25) is 0 Å². The van der Waals surface area contributed by atoms with Crippen LogP contribution in [0.5, 0.6) is 0 Å². The first kappa shape index (κ1) is 15.5. The molecule has 0 saturated heterocycles. The summed E-state index contributed by atoms with van der Waals surface area (Å²) in [5, 5.41) is 16.6. The molecule has 1 aliphatic heterocycles. The first-order valence-electron chi connectivity index (χ1n) is 8.34. The van der Waals surface area contributed by atoms with Gasteiger partial charge in [-0.1, -0.05) is 44.0 Å². The fraction of sp³-hybridized carbons (Fsp3) is 0.611. The van der Waals surface area contributed by atoms with E-state index in [-0.39, 0.29) is 23.5 Å². The van der Waals surface area contributed by atoms with Gasteiger partial charge in [0, 0.05) is 18.5 Å². The summed E-state index contributed by atoms with van der Waals surface area (Å²) in [6, 6.07) is 8.10. The van der Waals surface area contributed by atoms with E-state index >= 15 is 0 Å². The van der Waals surface area contributed by atoms with Gasteiger partial charge >= 0.3 is 0 Å². The van der Waals surface area contributed by atoms with E-state index in [1.165, 1.54) is 11.1 Å². The van der Waals surface area contributed by atoms with E-state index in [9.17, 15) is 9.90 Å². The normalized spacial score (nSPS) is 31.4. The molecule has 1 aliphatic carbocycles. The van der Waals surface area contributed by atoms with Crippen molar-refractivity contribution in [2.75, 3.05) is 6.54 Å². The fourth-order valence-corrected chi connectivity index (χ4v) is 3.64. The Morgan fingerprint density at radius 1 is 1.36 bits per heavy atom. The first-order chi connectivity index (χ1) is 10.6. The lowest BCUT2D eigenvalue weighted by Gasteiger charge is -2.39. The van der Waals surface area contributed by atoms with Crippen molar-refractivity contribution in [1.29, 1.82) is 0 Å². The minimum absolute atomic E-state index is 0.0495. The molecule has 4 nitrogen and oxygen atoms in total. The van der Waals surface area contributed by atoms with Crippen LogP contribution in [0, 0.1) is 5.41 Å². The molecule has 1 aromatic rings. The monoisotopic (exact) mass is 302 g/mol. The summed E-state index contributed by atoms with van der Waals surface area (Å²) >= 11 is 0. The van der Waals surface area contributed by atoms with Crippen LogP contribution in [-0.4, -0.2) is 29.7 Å². The van der Waals surface area contributed by atoms with Crippen molar-refractivity contribution in [3.63, 3.8) is 0 Å². The SMILES string of the molecule is C[C@]1(CNC(=O)[C@H]2Cc3ccccc3CN2)CCCC[C@@H]1O. The van der Waals surface area contributed by atoms with Crippen molar-refractivity contribution in [2.24, 2.45) is 5.41 Å². The van der Waals surface area contributed by atoms with Crippen LogP contribution < -0.4 is 10.6 Å². The van der Waals surface area contributed by atoms with Gasteiger partial charge in [-0.3, -0.25) is 4.79 Å². The third kappa shape index (κ3) is 3.18. The second-order valence-corrected chi connectivity index (χ2v) is 7.04. The number of nitrogens with one attached hydrogen (secondary N) is 2. The molecule has 22 heavy (non-hydrogen) atoms. The predicted molar refractivity (Wildman–Crippen MR) is 86.4 cm³/mol. The zero-order valence-electron chi connectivity index (χ0n) is 13.3. The van der Waals surface area contributed by atoms with Crippen molar-refractivity contribution in [3.05, 3.63) is 35.4 Å². The van der Waals surface area contributed by atoms with Crippen molar-refractivity contribution in [3.8, 4) is 0 Å². The highest BCUT2D eigenvalue weighted by Crippen LogP contribution is 2.35. The number of aliphatic hydroxyl groups excluding tert-OH is 1. The average Bonchev–Trinajstić information content (AvgIpc) is 2.55. The molecule has 1 fully saturated rings. The Labute approximate surface area is 132 Å². The molecule has 0 unspecified atom stereocenters.